The van der Waals surface area contributed by atoms with Crippen molar-refractivity contribution in [3.8, 4) is 0 Å². The second-order valence-electron chi connectivity index (χ2n) is 10.6. The summed E-state index contributed by atoms with van der Waals surface area (Å²) in [5.41, 5.74) is 12.8. The van der Waals surface area contributed by atoms with E-state index in [-0.39, 0.29) is 5.41 Å². The highest BCUT2D eigenvalue weighted by molar-refractivity contribution is 5.86. The molecule has 0 radical (unpaired) electrons. The molecular formula is C37H33N. The molecule has 0 unspecified atom stereocenters. The number of nitrogens with zero attached hydrogens (tertiary/aromatic N) is 1. The third-order valence-electron chi connectivity index (χ3n) is 7.85. The van der Waals surface area contributed by atoms with E-state index >= 15 is 0 Å². The molecule has 0 N–H and O–H groups in total. The lowest BCUT2D eigenvalue weighted by Crippen LogP contribution is -2.30. The Morgan fingerprint density at radius 2 is 1.18 bits per heavy atom. The van der Waals surface area contributed by atoms with Gasteiger partial charge < -0.3 is 4.90 Å². The van der Waals surface area contributed by atoms with Crippen molar-refractivity contribution in [1.29, 1.82) is 0 Å². The van der Waals surface area contributed by atoms with Crippen LogP contribution in [0.25, 0.3) is 5.57 Å². The molecule has 0 spiro atoms. The number of para-hydroxylation sites is 2. The van der Waals surface area contributed by atoms with Gasteiger partial charge in [0.15, 0.2) is 0 Å². The third kappa shape index (κ3) is 4.25. The third-order valence-corrected chi connectivity index (χ3v) is 7.85. The topological polar surface area (TPSA) is 3.24 Å². The molecule has 1 heteroatoms. The van der Waals surface area contributed by atoms with Crippen molar-refractivity contribution in [3.63, 3.8) is 0 Å². The van der Waals surface area contributed by atoms with Crippen LogP contribution in [0.5, 0.6) is 0 Å². The van der Waals surface area contributed by atoms with E-state index in [1.807, 2.05) is 0 Å². The minimum Gasteiger partial charge on any atom is -0.310 e. The minimum atomic E-state index is -0.0897. The SMILES string of the molecule is C/C=C(\c1ccccc1)c1ccc(Cc2ccc3c(c2)C(C)(C)c2ccccc2N3c2ccccc2)cc1. The number of benzene rings is 5. The molecule has 0 aromatic heterocycles. The van der Waals surface area contributed by atoms with Gasteiger partial charge in [-0.1, -0.05) is 123 Å². The average Bonchev–Trinajstić information content (AvgIpc) is 2.96. The van der Waals surface area contributed by atoms with Gasteiger partial charge in [-0.25, -0.2) is 0 Å². The molecule has 186 valence electrons. The molecule has 0 aliphatic carbocycles. The van der Waals surface area contributed by atoms with Gasteiger partial charge in [-0.05, 0) is 76.6 Å². The molecule has 5 aromatic carbocycles. The zero-order valence-electron chi connectivity index (χ0n) is 22.4. The minimum absolute atomic E-state index is 0.0897. The monoisotopic (exact) mass is 491 g/mol. The van der Waals surface area contributed by atoms with Crippen LogP contribution < -0.4 is 4.90 Å². The van der Waals surface area contributed by atoms with Gasteiger partial charge in [0.1, 0.15) is 0 Å². The summed E-state index contributed by atoms with van der Waals surface area (Å²) < 4.78 is 0. The Kier molecular flexibility index (Phi) is 6.21. The van der Waals surface area contributed by atoms with Crippen LogP contribution in [0, 0.1) is 0 Å². The molecule has 0 saturated carbocycles. The molecule has 0 fully saturated rings. The molecule has 0 atom stereocenters. The van der Waals surface area contributed by atoms with E-state index in [1.54, 1.807) is 0 Å². The molecule has 0 amide bonds. The summed E-state index contributed by atoms with van der Waals surface area (Å²) in [6, 6.07) is 46.3. The van der Waals surface area contributed by atoms with Crippen molar-refractivity contribution in [2.24, 2.45) is 0 Å². The number of hydrogen-bond donors (Lipinski definition) is 0. The van der Waals surface area contributed by atoms with Crippen LogP contribution >= 0.6 is 0 Å². The Morgan fingerprint density at radius 1 is 0.605 bits per heavy atom. The standard InChI is InChI=1S/C37H33N/c1-4-32(29-13-7-5-8-14-29)30-22-19-27(20-23-30)25-28-21-24-36-34(26-28)37(2,3)33-17-11-12-18-35(33)38(36)31-15-9-6-10-16-31/h4-24,26H,25H2,1-3H3/b32-4+. The highest BCUT2D eigenvalue weighted by Gasteiger charge is 2.36. The Bertz CT molecular complexity index is 1590. The molecule has 0 bridgehead atoms. The summed E-state index contributed by atoms with van der Waals surface area (Å²) in [5.74, 6) is 0. The normalized spacial score (nSPS) is 14.1. The van der Waals surface area contributed by atoms with Gasteiger partial charge in [0, 0.05) is 11.1 Å². The lowest BCUT2D eigenvalue weighted by Gasteiger charge is -2.42. The lowest BCUT2D eigenvalue weighted by molar-refractivity contribution is 0.631. The number of allylic oxidation sites excluding steroid dienone is 1. The molecule has 1 aliphatic heterocycles. The summed E-state index contributed by atoms with van der Waals surface area (Å²) in [5, 5.41) is 0. The summed E-state index contributed by atoms with van der Waals surface area (Å²) in [4.78, 5) is 2.41. The van der Waals surface area contributed by atoms with Crippen molar-refractivity contribution in [1.82, 2.24) is 0 Å². The van der Waals surface area contributed by atoms with Gasteiger partial charge in [-0.2, -0.15) is 0 Å². The first-order valence-corrected chi connectivity index (χ1v) is 13.5. The molecule has 0 saturated heterocycles. The van der Waals surface area contributed by atoms with Gasteiger partial charge in [-0.15, -0.1) is 0 Å². The smallest absolute Gasteiger partial charge is 0.0502 e. The number of fused-ring (bicyclic) bond motifs is 2. The first-order chi connectivity index (χ1) is 18.6. The maximum atomic E-state index is 2.43. The van der Waals surface area contributed by atoms with Gasteiger partial charge in [0.2, 0.25) is 0 Å². The Morgan fingerprint density at radius 3 is 1.89 bits per heavy atom. The van der Waals surface area contributed by atoms with Gasteiger partial charge >= 0.3 is 0 Å². The Labute approximate surface area is 226 Å². The van der Waals surface area contributed by atoms with Crippen LogP contribution in [0.15, 0.2) is 133 Å². The van der Waals surface area contributed by atoms with Crippen LogP contribution in [0.3, 0.4) is 0 Å². The van der Waals surface area contributed by atoms with E-state index in [1.165, 1.54) is 56.0 Å². The van der Waals surface area contributed by atoms with Crippen molar-refractivity contribution >= 4 is 22.6 Å². The molecular weight excluding hydrogens is 458 g/mol. The molecule has 1 heterocycles. The van der Waals surface area contributed by atoms with Crippen LogP contribution in [0.4, 0.5) is 17.1 Å². The lowest BCUT2D eigenvalue weighted by atomic mass is 9.73. The largest absolute Gasteiger partial charge is 0.310 e. The summed E-state index contributed by atoms with van der Waals surface area (Å²) in [6.45, 7) is 6.82. The van der Waals surface area contributed by atoms with Crippen molar-refractivity contribution in [3.05, 3.63) is 167 Å². The number of hydrogen-bond acceptors (Lipinski definition) is 1. The maximum Gasteiger partial charge on any atom is 0.0502 e. The summed E-state index contributed by atoms with van der Waals surface area (Å²) in [6.07, 6.45) is 3.11. The Hall–Kier alpha value is -4.36. The second-order valence-corrected chi connectivity index (χ2v) is 10.6. The zero-order valence-corrected chi connectivity index (χ0v) is 22.4. The quantitative estimate of drug-likeness (QED) is 0.236. The van der Waals surface area contributed by atoms with Crippen LogP contribution in [-0.2, 0) is 11.8 Å². The van der Waals surface area contributed by atoms with Crippen molar-refractivity contribution < 1.29 is 0 Å². The van der Waals surface area contributed by atoms with Crippen LogP contribution in [0.1, 0.15) is 54.2 Å². The van der Waals surface area contributed by atoms with E-state index < -0.39 is 0 Å². The predicted molar refractivity (Wildman–Crippen MR) is 162 cm³/mol. The fourth-order valence-corrected chi connectivity index (χ4v) is 5.87. The predicted octanol–water partition coefficient (Wildman–Crippen LogP) is 9.84. The van der Waals surface area contributed by atoms with Crippen LogP contribution in [-0.4, -0.2) is 0 Å². The molecule has 1 aliphatic rings. The van der Waals surface area contributed by atoms with E-state index in [4.69, 9.17) is 0 Å². The molecule has 38 heavy (non-hydrogen) atoms. The van der Waals surface area contributed by atoms with E-state index in [0.717, 1.165) is 6.42 Å². The highest BCUT2D eigenvalue weighted by Crippen LogP contribution is 2.51. The van der Waals surface area contributed by atoms with E-state index in [2.05, 4.69) is 159 Å². The Balaban J connectivity index is 1.35. The van der Waals surface area contributed by atoms with E-state index in [9.17, 15) is 0 Å². The van der Waals surface area contributed by atoms with Gasteiger partial charge in [0.05, 0.1) is 11.4 Å². The first-order valence-electron chi connectivity index (χ1n) is 13.5. The molecule has 1 nitrogen and oxygen atoms in total. The molecule has 6 rings (SSSR count). The van der Waals surface area contributed by atoms with Gasteiger partial charge in [0.25, 0.3) is 0 Å². The second kappa shape index (κ2) is 9.84. The number of anilines is 3. The van der Waals surface area contributed by atoms with Gasteiger partial charge in [-0.3, -0.25) is 0 Å². The van der Waals surface area contributed by atoms with E-state index in [0.29, 0.717) is 0 Å². The average molecular weight is 492 g/mol. The fourth-order valence-electron chi connectivity index (χ4n) is 5.87. The van der Waals surface area contributed by atoms with Crippen molar-refractivity contribution in [2.45, 2.75) is 32.6 Å². The van der Waals surface area contributed by atoms with Crippen molar-refractivity contribution in [2.75, 3.05) is 4.90 Å². The zero-order chi connectivity index (χ0) is 26.1. The van der Waals surface area contributed by atoms with Crippen LogP contribution in [0.2, 0.25) is 0 Å². The molecule has 5 aromatic rings. The highest BCUT2D eigenvalue weighted by atomic mass is 15.2. The first kappa shape index (κ1) is 24.0. The summed E-state index contributed by atoms with van der Waals surface area (Å²) >= 11 is 0. The maximum absolute atomic E-state index is 2.43. The number of rotatable bonds is 5. The fraction of sp³-hybridized carbons (Fsp3) is 0.135. The summed E-state index contributed by atoms with van der Waals surface area (Å²) in [7, 11) is 0.